The number of aromatic carboxylic acids is 1. The second-order valence-corrected chi connectivity index (χ2v) is 17.8. The van der Waals surface area contributed by atoms with Crippen LogP contribution >= 0.6 is 31.9 Å². The highest BCUT2D eigenvalue weighted by atomic mass is 79.9. The van der Waals surface area contributed by atoms with Crippen molar-refractivity contribution >= 4 is 76.9 Å². The van der Waals surface area contributed by atoms with E-state index in [4.69, 9.17) is 10.8 Å². The molecule has 0 unspecified atom stereocenters. The van der Waals surface area contributed by atoms with Crippen LogP contribution in [0.15, 0.2) is 128 Å². The van der Waals surface area contributed by atoms with Crippen molar-refractivity contribution in [2.24, 2.45) is 14.1 Å². The Kier molecular flexibility index (Phi) is 15.0. The second-order valence-electron chi connectivity index (χ2n) is 15.9. The minimum atomic E-state index is -4.58. The van der Waals surface area contributed by atoms with Crippen molar-refractivity contribution in [1.82, 2.24) is 19.1 Å². The first kappa shape index (κ1) is 51.3. The Morgan fingerprint density at radius 3 is 1.49 bits per heavy atom. The van der Waals surface area contributed by atoms with E-state index < -0.39 is 40.9 Å². The fraction of sp³-hybridized carbons (Fsp3) is 0.160. The predicted octanol–water partition coefficient (Wildman–Crippen LogP) is 12.2. The standard InChI is InChI=1S/C25H19BrF3N3O2.C17H17N3O.C8H4BrF3O2/c1-13-4-5-19(31-23(33)15-7-17(25(27,28)29)10-18(26)8-15)11-20(13)21-9-16-12-30-14(2)6-22(16)32(3)24(21)34;1-10-4-5-13(18)8-14(10)15-7-12-9-19-11(2)6-16(12)20(3)17(15)21;9-6-2-4(7(13)14)1-5(3-6)8(10,11)12/h4-12H,1-3H3,(H,31,33);4-9H,18H2,1-3H3;1-3H,(H,13,14). The molecule has 4 aromatic carbocycles. The van der Waals surface area contributed by atoms with E-state index in [-0.39, 0.29) is 25.6 Å². The quantitative estimate of drug-likeness (QED) is 0.113. The molecular weight excluding hydrogens is 1040 g/mol. The SMILES string of the molecule is Cc1cc2c(cn1)cc(-c1cc(N)ccc1C)c(=O)n2C.Cc1cc2c(cn1)cc(-c1cc(NC(=O)c3cc(Br)cc(C(F)(F)F)c3)ccc1C)c(=O)n2C.O=C(O)c1cc(Br)cc(C(F)(F)F)c1. The Morgan fingerprint density at radius 2 is 1.03 bits per heavy atom. The van der Waals surface area contributed by atoms with Crippen LogP contribution < -0.4 is 22.2 Å². The lowest BCUT2D eigenvalue weighted by Gasteiger charge is -2.14. The van der Waals surface area contributed by atoms with Crippen molar-refractivity contribution in [1.29, 1.82) is 0 Å². The summed E-state index contributed by atoms with van der Waals surface area (Å²) < 4.78 is 79.4. The number of carboxylic acid groups (broad SMARTS) is 1. The van der Waals surface area contributed by atoms with Crippen molar-refractivity contribution in [2.75, 3.05) is 11.1 Å². The van der Waals surface area contributed by atoms with Gasteiger partial charge >= 0.3 is 18.3 Å². The molecule has 1 amide bonds. The van der Waals surface area contributed by atoms with E-state index in [0.29, 0.717) is 34.1 Å². The smallest absolute Gasteiger partial charge is 0.416 e. The monoisotopic (exact) mass is 1080 g/mol. The number of alkyl halides is 6. The topological polar surface area (TPSA) is 162 Å². The molecule has 19 heteroatoms. The highest BCUT2D eigenvalue weighted by Crippen LogP contribution is 2.34. The largest absolute Gasteiger partial charge is 0.478 e. The minimum absolute atomic E-state index is 0.0261. The van der Waals surface area contributed by atoms with Crippen molar-refractivity contribution in [3.63, 3.8) is 0 Å². The van der Waals surface area contributed by atoms with Crippen LogP contribution in [0, 0.1) is 27.7 Å². The molecule has 11 nitrogen and oxygen atoms in total. The molecule has 0 aliphatic rings. The lowest BCUT2D eigenvalue weighted by atomic mass is 9.99. The molecule has 69 heavy (non-hydrogen) atoms. The summed E-state index contributed by atoms with van der Waals surface area (Å²) in [6, 6.07) is 23.6. The molecule has 356 valence electrons. The van der Waals surface area contributed by atoms with Crippen LogP contribution in [0.1, 0.15) is 54.4 Å². The molecule has 0 spiro atoms. The van der Waals surface area contributed by atoms with Crippen LogP contribution in [0.2, 0.25) is 0 Å². The van der Waals surface area contributed by atoms with E-state index in [1.807, 2.05) is 64.1 Å². The number of amides is 1. The normalized spacial score (nSPS) is 11.4. The molecule has 4 N–H and O–H groups in total. The molecule has 0 fully saturated rings. The summed E-state index contributed by atoms with van der Waals surface area (Å²) in [5.41, 5.74) is 11.9. The third-order valence-electron chi connectivity index (χ3n) is 10.8. The molecule has 0 aliphatic carbocycles. The van der Waals surface area contributed by atoms with Gasteiger partial charge in [-0.1, -0.05) is 44.0 Å². The van der Waals surface area contributed by atoms with Gasteiger partial charge in [-0.3, -0.25) is 24.4 Å². The maximum Gasteiger partial charge on any atom is 0.416 e. The zero-order chi connectivity index (χ0) is 50.9. The van der Waals surface area contributed by atoms with E-state index in [0.717, 1.165) is 74.1 Å². The third kappa shape index (κ3) is 12.0. The van der Waals surface area contributed by atoms with Crippen molar-refractivity contribution in [3.05, 3.63) is 184 Å². The number of aryl methyl sites for hydroxylation is 6. The lowest BCUT2D eigenvalue weighted by molar-refractivity contribution is -0.138. The number of benzene rings is 4. The molecule has 0 saturated heterocycles. The number of hydrogen-bond donors (Lipinski definition) is 3. The Bertz CT molecular complexity index is 3460. The van der Waals surface area contributed by atoms with E-state index in [9.17, 15) is 45.5 Å². The van der Waals surface area contributed by atoms with E-state index in [1.54, 1.807) is 59.9 Å². The van der Waals surface area contributed by atoms with E-state index in [1.165, 1.54) is 6.07 Å². The first-order valence-electron chi connectivity index (χ1n) is 20.4. The number of carbonyl (C=O) groups is 2. The van der Waals surface area contributed by atoms with Gasteiger partial charge < -0.3 is 25.3 Å². The summed E-state index contributed by atoms with van der Waals surface area (Å²) in [4.78, 5) is 57.6. The third-order valence-corrected chi connectivity index (χ3v) is 11.7. The van der Waals surface area contributed by atoms with Gasteiger partial charge in [0.25, 0.3) is 17.0 Å². The Balaban J connectivity index is 0.000000189. The van der Waals surface area contributed by atoms with Gasteiger partial charge in [0.2, 0.25) is 0 Å². The predicted molar refractivity (Wildman–Crippen MR) is 261 cm³/mol. The number of fused-ring (bicyclic) bond motifs is 2. The number of halogens is 8. The summed E-state index contributed by atoms with van der Waals surface area (Å²) in [6.45, 7) is 7.57. The van der Waals surface area contributed by atoms with Crippen LogP contribution in [-0.4, -0.2) is 36.1 Å². The van der Waals surface area contributed by atoms with E-state index in [2.05, 4.69) is 47.1 Å². The van der Waals surface area contributed by atoms with Gasteiger partial charge in [0, 0.05) is 85.7 Å². The van der Waals surface area contributed by atoms with Crippen molar-refractivity contribution in [2.45, 2.75) is 40.0 Å². The van der Waals surface area contributed by atoms with Gasteiger partial charge in [-0.15, -0.1) is 0 Å². The van der Waals surface area contributed by atoms with Crippen LogP contribution in [0.25, 0.3) is 44.1 Å². The average molecular weight is 1080 g/mol. The van der Waals surface area contributed by atoms with Crippen LogP contribution in [-0.2, 0) is 26.4 Å². The van der Waals surface area contributed by atoms with Crippen LogP contribution in [0.4, 0.5) is 37.7 Å². The van der Waals surface area contributed by atoms with Gasteiger partial charge in [-0.25, -0.2) is 4.79 Å². The Hall–Kier alpha value is -7.12. The second kappa shape index (κ2) is 20.2. The molecule has 0 radical (unpaired) electrons. The molecule has 4 heterocycles. The van der Waals surface area contributed by atoms with Gasteiger partial charge in [0.1, 0.15) is 0 Å². The zero-order valence-corrected chi connectivity index (χ0v) is 40.5. The first-order valence-corrected chi connectivity index (χ1v) is 22.0. The molecule has 0 atom stereocenters. The van der Waals surface area contributed by atoms with Crippen LogP contribution in [0.5, 0.6) is 0 Å². The number of carbonyl (C=O) groups excluding carboxylic acids is 1. The fourth-order valence-electron chi connectivity index (χ4n) is 7.20. The number of nitrogen functional groups attached to an aromatic ring is 1. The number of nitrogens with one attached hydrogen (secondary N) is 1. The number of nitrogens with two attached hydrogens (primary N) is 1. The number of hydrogen-bond acceptors (Lipinski definition) is 7. The number of pyridine rings is 4. The number of anilines is 2. The summed E-state index contributed by atoms with van der Waals surface area (Å²) in [5, 5.41) is 12.9. The molecule has 8 aromatic rings. The zero-order valence-electron chi connectivity index (χ0n) is 37.4. The van der Waals surface area contributed by atoms with Gasteiger partial charge in [-0.05, 0) is 135 Å². The summed E-state index contributed by atoms with van der Waals surface area (Å²) in [5.74, 6) is -2.09. The highest BCUT2D eigenvalue weighted by molar-refractivity contribution is 9.10. The highest BCUT2D eigenvalue weighted by Gasteiger charge is 2.32. The number of rotatable bonds is 5. The summed E-state index contributed by atoms with van der Waals surface area (Å²) in [7, 11) is 3.47. The number of nitrogens with zero attached hydrogens (tertiary/aromatic N) is 4. The number of carboxylic acids is 1. The fourth-order valence-corrected chi connectivity index (χ4v) is 8.19. The summed E-state index contributed by atoms with van der Waals surface area (Å²) >= 11 is 5.84. The molecule has 0 saturated carbocycles. The van der Waals surface area contributed by atoms with Gasteiger partial charge in [0.15, 0.2) is 0 Å². The maximum atomic E-state index is 13.1. The first-order chi connectivity index (χ1) is 32.2. The van der Waals surface area contributed by atoms with E-state index >= 15 is 0 Å². The molecule has 0 bridgehead atoms. The van der Waals surface area contributed by atoms with Crippen molar-refractivity contribution in [3.8, 4) is 22.3 Å². The lowest BCUT2D eigenvalue weighted by Crippen LogP contribution is -2.19. The molecule has 0 aliphatic heterocycles. The van der Waals surface area contributed by atoms with Gasteiger partial charge in [-0.2, -0.15) is 26.3 Å². The minimum Gasteiger partial charge on any atom is -0.478 e. The van der Waals surface area contributed by atoms with Crippen LogP contribution in [0.3, 0.4) is 0 Å². The number of aromatic nitrogens is 4. The van der Waals surface area contributed by atoms with Crippen molar-refractivity contribution < 1.29 is 41.0 Å². The average Bonchev–Trinajstić information content (AvgIpc) is 3.27. The Labute approximate surface area is 406 Å². The molecule has 4 aromatic heterocycles. The van der Waals surface area contributed by atoms with Gasteiger partial charge in [0.05, 0.1) is 27.7 Å². The maximum absolute atomic E-state index is 13.1. The summed E-state index contributed by atoms with van der Waals surface area (Å²) in [6.07, 6.45) is -5.62. The molecule has 8 rings (SSSR count). The Morgan fingerprint density at radius 1 is 0.594 bits per heavy atom. The molecular formula is C50H40Br2F6N6O5.